The molecule has 5 heteroatoms. The molecule has 1 fully saturated rings. The van der Waals surface area contributed by atoms with Gasteiger partial charge in [-0.25, -0.2) is 9.86 Å². The van der Waals surface area contributed by atoms with Crippen LogP contribution in [0.5, 0.6) is 0 Å². The average molecular weight is 276 g/mol. The van der Waals surface area contributed by atoms with Gasteiger partial charge in [0.05, 0.1) is 6.54 Å². The standard InChI is InChI=1S/C14H16N2O2S/c15-14(17)16(18)8-10-7-12(10)13-11-4-2-1-3-9(11)5-6-19-13/h1-6,10,12-13,18H,7-8H2,(H2,15,17). The van der Waals surface area contributed by atoms with Crippen molar-refractivity contribution >= 4 is 23.9 Å². The van der Waals surface area contributed by atoms with E-state index < -0.39 is 6.03 Å². The smallest absolute Gasteiger partial charge is 0.338 e. The lowest BCUT2D eigenvalue weighted by Crippen LogP contribution is -2.34. The highest BCUT2D eigenvalue weighted by atomic mass is 32.2. The Labute approximate surface area is 116 Å². The van der Waals surface area contributed by atoms with Crippen LogP contribution in [0.2, 0.25) is 0 Å². The molecule has 2 amide bonds. The molecule has 0 bridgehead atoms. The molecule has 0 spiro atoms. The van der Waals surface area contributed by atoms with Crippen LogP contribution in [-0.4, -0.2) is 22.8 Å². The highest BCUT2D eigenvalue weighted by Crippen LogP contribution is 2.56. The second-order valence-electron chi connectivity index (χ2n) is 5.07. The van der Waals surface area contributed by atoms with Crippen molar-refractivity contribution in [2.45, 2.75) is 11.7 Å². The molecule has 1 aliphatic heterocycles. The molecule has 4 nitrogen and oxygen atoms in total. The quantitative estimate of drug-likeness (QED) is 0.659. The van der Waals surface area contributed by atoms with Crippen molar-refractivity contribution < 1.29 is 10.0 Å². The zero-order valence-corrected chi connectivity index (χ0v) is 11.2. The monoisotopic (exact) mass is 276 g/mol. The Balaban J connectivity index is 1.69. The van der Waals surface area contributed by atoms with Gasteiger partial charge < -0.3 is 5.73 Å². The van der Waals surface area contributed by atoms with E-state index in [2.05, 4.69) is 29.7 Å². The van der Waals surface area contributed by atoms with Crippen LogP contribution in [0.15, 0.2) is 29.7 Å². The van der Waals surface area contributed by atoms with Crippen molar-refractivity contribution in [1.29, 1.82) is 0 Å². The Kier molecular flexibility index (Phi) is 3.24. The summed E-state index contributed by atoms with van der Waals surface area (Å²) in [6.07, 6.45) is 3.17. The van der Waals surface area contributed by atoms with E-state index >= 15 is 0 Å². The predicted octanol–water partition coefficient (Wildman–Crippen LogP) is 2.85. The fourth-order valence-electron chi connectivity index (χ4n) is 2.69. The molecule has 1 aromatic carbocycles. The summed E-state index contributed by atoms with van der Waals surface area (Å²) in [6, 6.07) is 7.62. The van der Waals surface area contributed by atoms with Crippen LogP contribution in [0.3, 0.4) is 0 Å². The van der Waals surface area contributed by atoms with E-state index in [9.17, 15) is 10.0 Å². The summed E-state index contributed by atoms with van der Waals surface area (Å²) in [6.45, 7) is 0.336. The minimum absolute atomic E-state index is 0.336. The number of hydrogen-bond acceptors (Lipinski definition) is 3. The number of carbonyl (C=O) groups is 1. The molecule has 0 aromatic heterocycles. The number of amides is 2. The topological polar surface area (TPSA) is 66.6 Å². The molecule has 2 aliphatic rings. The molecule has 19 heavy (non-hydrogen) atoms. The predicted molar refractivity (Wildman–Crippen MR) is 75.5 cm³/mol. The molecule has 100 valence electrons. The van der Waals surface area contributed by atoms with Crippen LogP contribution in [0.4, 0.5) is 4.79 Å². The maximum Gasteiger partial charge on any atom is 0.338 e. The van der Waals surface area contributed by atoms with E-state index in [4.69, 9.17) is 5.73 Å². The summed E-state index contributed by atoms with van der Waals surface area (Å²) in [4.78, 5) is 10.8. The van der Waals surface area contributed by atoms with Gasteiger partial charge in [-0.1, -0.05) is 24.3 Å². The van der Waals surface area contributed by atoms with Gasteiger partial charge in [-0.15, -0.1) is 11.8 Å². The highest BCUT2D eigenvalue weighted by Gasteiger charge is 2.45. The molecule has 3 unspecified atom stereocenters. The van der Waals surface area contributed by atoms with Crippen LogP contribution in [0.25, 0.3) is 6.08 Å². The number of primary amides is 1. The normalized spacial score (nSPS) is 27.7. The Bertz CT molecular complexity index is 532. The lowest BCUT2D eigenvalue weighted by atomic mass is 10.0. The van der Waals surface area contributed by atoms with Gasteiger partial charge in [-0.3, -0.25) is 5.21 Å². The maximum atomic E-state index is 10.8. The number of carbonyl (C=O) groups excluding carboxylic acids is 1. The zero-order chi connectivity index (χ0) is 13.4. The first kappa shape index (κ1) is 12.6. The van der Waals surface area contributed by atoms with Crippen LogP contribution in [0, 0.1) is 11.8 Å². The lowest BCUT2D eigenvalue weighted by molar-refractivity contribution is -0.0438. The number of benzene rings is 1. The van der Waals surface area contributed by atoms with Gasteiger partial charge in [0.15, 0.2) is 0 Å². The minimum Gasteiger partial charge on any atom is -0.350 e. The van der Waals surface area contributed by atoms with Gasteiger partial charge in [0.25, 0.3) is 0 Å². The minimum atomic E-state index is -0.776. The summed E-state index contributed by atoms with van der Waals surface area (Å²) < 4.78 is 0. The molecule has 1 aromatic rings. The third kappa shape index (κ3) is 2.48. The van der Waals surface area contributed by atoms with Gasteiger partial charge in [-0.05, 0) is 40.9 Å². The number of thioether (sulfide) groups is 1. The first-order chi connectivity index (χ1) is 9.16. The fraction of sp³-hybridized carbons (Fsp3) is 0.357. The second kappa shape index (κ2) is 4.90. The molecule has 3 atom stereocenters. The summed E-state index contributed by atoms with van der Waals surface area (Å²) in [5.41, 5.74) is 7.66. The molecular formula is C14H16N2O2S. The Morgan fingerprint density at radius 2 is 2.26 bits per heavy atom. The van der Waals surface area contributed by atoms with Crippen molar-refractivity contribution in [2.24, 2.45) is 17.6 Å². The fourth-order valence-corrected chi connectivity index (χ4v) is 3.98. The second-order valence-corrected chi connectivity index (χ2v) is 6.12. The lowest BCUT2D eigenvalue weighted by Gasteiger charge is -2.22. The van der Waals surface area contributed by atoms with Crippen LogP contribution >= 0.6 is 11.8 Å². The maximum absolute atomic E-state index is 10.8. The van der Waals surface area contributed by atoms with E-state index in [0.717, 1.165) is 6.42 Å². The molecule has 3 rings (SSSR count). The van der Waals surface area contributed by atoms with Gasteiger partial charge in [0.1, 0.15) is 0 Å². The molecule has 3 N–H and O–H groups in total. The SMILES string of the molecule is NC(=O)N(O)CC1CC1C1SC=Cc2ccccc21. The van der Waals surface area contributed by atoms with Crippen molar-refractivity contribution in [3.8, 4) is 0 Å². The zero-order valence-electron chi connectivity index (χ0n) is 10.4. The molecule has 1 heterocycles. The number of fused-ring (bicyclic) bond motifs is 1. The average Bonchev–Trinajstić information content (AvgIpc) is 3.17. The highest BCUT2D eigenvalue weighted by molar-refractivity contribution is 8.02. The van der Waals surface area contributed by atoms with Crippen molar-refractivity contribution in [3.63, 3.8) is 0 Å². The summed E-state index contributed by atoms with van der Waals surface area (Å²) in [5, 5.41) is 12.6. The molecule has 0 saturated heterocycles. The largest absolute Gasteiger partial charge is 0.350 e. The first-order valence-electron chi connectivity index (χ1n) is 6.33. The van der Waals surface area contributed by atoms with Gasteiger partial charge in [0.2, 0.25) is 0 Å². The molecular weight excluding hydrogens is 260 g/mol. The molecule has 1 aliphatic carbocycles. The molecule has 0 radical (unpaired) electrons. The molecule has 1 saturated carbocycles. The number of rotatable bonds is 3. The summed E-state index contributed by atoms with van der Waals surface area (Å²) in [7, 11) is 0. The number of hydroxylamine groups is 2. The Morgan fingerprint density at radius 1 is 1.47 bits per heavy atom. The number of urea groups is 1. The van der Waals surface area contributed by atoms with Gasteiger partial charge in [0, 0.05) is 5.25 Å². The van der Waals surface area contributed by atoms with Crippen LogP contribution in [-0.2, 0) is 0 Å². The number of nitrogens with two attached hydrogens (primary N) is 1. The van der Waals surface area contributed by atoms with Gasteiger partial charge in [-0.2, -0.15) is 0 Å². The van der Waals surface area contributed by atoms with E-state index in [1.54, 1.807) is 0 Å². The first-order valence-corrected chi connectivity index (χ1v) is 7.28. The van der Waals surface area contributed by atoms with E-state index in [0.29, 0.717) is 28.7 Å². The number of hydrogen-bond donors (Lipinski definition) is 2. The van der Waals surface area contributed by atoms with Crippen molar-refractivity contribution in [3.05, 3.63) is 40.8 Å². The third-order valence-electron chi connectivity index (χ3n) is 3.80. The van der Waals surface area contributed by atoms with Gasteiger partial charge >= 0.3 is 6.03 Å². The van der Waals surface area contributed by atoms with E-state index in [1.165, 1.54) is 11.1 Å². The van der Waals surface area contributed by atoms with Crippen LogP contribution in [0.1, 0.15) is 22.8 Å². The number of nitrogens with zero attached hydrogens (tertiary/aromatic N) is 1. The Hall–Kier alpha value is -1.46. The Morgan fingerprint density at radius 3 is 3.05 bits per heavy atom. The summed E-state index contributed by atoms with van der Waals surface area (Å²) >= 11 is 1.82. The van der Waals surface area contributed by atoms with Crippen molar-refractivity contribution in [2.75, 3.05) is 6.54 Å². The van der Waals surface area contributed by atoms with E-state index in [-0.39, 0.29) is 0 Å². The van der Waals surface area contributed by atoms with E-state index in [1.807, 2.05) is 17.8 Å². The van der Waals surface area contributed by atoms with Crippen molar-refractivity contribution in [1.82, 2.24) is 5.06 Å². The summed E-state index contributed by atoms with van der Waals surface area (Å²) in [5.74, 6) is 0.847. The third-order valence-corrected chi connectivity index (χ3v) is 4.99. The van der Waals surface area contributed by atoms with Crippen LogP contribution < -0.4 is 5.73 Å².